The van der Waals surface area contributed by atoms with Gasteiger partial charge in [-0.1, -0.05) is 44.2 Å². The first-order valence-corrected chi connectivity index (χ1v) is 16.3. The first kappa shape index (κ1) is 35.2. The molecule has 0 radical (unpaired) electrons. The Balaban J connectivity index is 1.52. The van der Waals surface area contributed by atoms with Gasteiger partial charge in [-0.15, -0.1) is 0 Å². The van der Waals surface area contributed by atoms with Crippen LogP contribution in [0.25, 0.3) is 17.0 Å². The van der Waals surface area contributed by atoms with Crippen molar-refractivity contribution in [2.24, 2.45) is 17.1 Å². The van der Waals surface area contributed by atoms with E-state index in [1.807, 2.05) is 49.4 Å². The van der Waals surface area contributed by atoms with Gasteiger partial charge in [0.05, 0.1) is 28.3 Å². The predicted molar refractivity (Wildman–Crippen MR) is 176 cm³/mol. The maximum atomic E-state index is 14.0. The zero-order chi connectivity index (χ0) is 33.8. The van der Waals surface area contributed by atoms with Gasteiger partial charge in [-0.3, -0.25) is 29.2 Å². The fourth-order valence-corrected chi connectivity index (χ4v) is 5.99. The lowest BCUT2D eigenvalue weighted by atomic mass is 9.68. The highest BCUT2D eigenvalue weighted by molar-refractivity contribution is 5.91. The molecule has 1 aliphatic carbocycles. The van der Waals surface area contributed by atoms with Gasteiger partial charge < -0.3 is 20.9 Å². The van der Waals surface area contributed by atoms with E-state index in [9.17, 15) is 24.3 Å². The van der Waals surface area contributed by atoms with Crippen molar-refractivity contribution in [3.8, 4) is 0 Å². The molecule has 2 aliphatic rings. The molecule has 0 unspecified atom stereocenters. The molecule has 1 aliphatic heterocycles. The van der Waals surface area contributed by atoms with Gasteiger partial charge >= 0.3 is 5.97 Å². The number of ketones is 1. The van der Waals surface area contributed by atoms with Crippen molar-refractivity contribution in [1.82, 2.24) is 20.7 Å². The lowest BCUT2D eigenvalue weighted by Gasteiger charge is -2.40. The zero-order valence-electron chi connectivity index (χ0n) is 27.8. The van der Waals surface area contributed by atoms with Crippen LogP contribution in [-0.4, -0.2) is 69.0 Å². The van der Waals surface area contributed by atoms with Crippen molar-refractivity contribution in [3.63, 3.8) is 0 Å². The van der Waals surface area contributed by atoms with Gasteiger partial charge in [-0.05, 0) is 89.8 Å². The number of rotatable bonds is 10. The number of benzene rings is 1. The molecule has 250 valence electrons. The highest BCUT2D eigenvalue weighted by Crippen LogP contribution is 2.44. The number of nitrogens with one attached hydrogen (secondary N) is 2. The molecule has 11 heteroatoms. The SMILES string of the molecule is CC(=O)[C@@H]1CCCN(C(=O)[C@H](C)NC(=O)[C@@H](OC(=O)C2(/C=C/c3ccc4ccc([C@@H](C)N)nc4c3)CCC(C)(O)CC2)C(C)C)N1. The van der Waals surface area contributed by atoms with Crippen molar-refractivity contribution >= 4 is 40.5 Å². The number of hydrogen-bond donors (Lipinski definition) is 4. The van der Waals surface area contributed by atoms with E-state index in [2.05, 4.69) is 15.7 Å². The number of nitrogens with zero attached hydrogens (tertiary/aromatic N) is 2. The molecule has 2 heterocycles. The molecule has 1 saturated heterocycles. The number of pyridine rings is 1. The maximum absolute atomic E-state index is 14.0. The standard InChI is InChI=1S/C35H49N5O6/c1-21(2)30(31(42)37-23(4)32(43)40-19-7-8-28(39-40)24(5)41)46-33(44)35(17-15-34(6,45)16-18-35)14-13-25-9-10-26-11-12-27(22(3)36)38-29(26)20-25/h9-14,20-23,28,30,39,45H,7-8,15-19,36H2,1-6H3,(H,37,42)/b14-13+/t22-,23+,28+,30+,34?,35?/m1/s1. The summed E-state index contributed by atoms with van der Waals surface area (Å²) in [5.41, 5.74) is 9.43. The number of nitrogens with two attached hydrogens (primary N) is 1. The highest BCUT2D eigenvalue weighted by Gasteiger charge is 2.46. The summed E-state index contributed by atoms with van der Waals surface area (Å²) in [6.07, 6.45) is 5.32. The number of Topliss-reactive ketones (excluding diaryl/α,β-unsaturated/α-hetero) is 1. The zero-order valence-corrected chi connectivity index (χ0v) is 27.8. The number of hydrazine groups is 1. The van der Waals surface area contributed by atoms with Crippen LogP contribution in [0.1, 0.15) is 97.4 Å². The second-order valence-electron chi connectivity index (χ2n) is 13.7. The maximum Gasteiger partial charge on any atom is 0.316 e. The van der Waals surface area contributed by atoms with Crippen molar-refractivity contribution < 1.29 is 29.0 Å². The number of aliphatic hydroxyl groups is 1. The van der Waals surface area contributed by atoms with E-state index in [0.29, 0.717) is 45.1 Å². The molecule has 5 N–H and O–H groups in total. The summed E-state index contributed by atoms with van der Waals surface area (Å²) in [6.45, 7) is 10.7. The first-order chi connectivity index (χ1) is 21.6. The summed E-state index contributed by atoms with van der Waals surface area (Å²) >= 11 is 0. The van der Waals surface area contributed by atoms with Gasteiger partial charge in [-0.25, -0.2) is 5.43 Å². The molecule has 2 amide bonds. The molecule has 1 saturated carbocycles. The Morgan fingerprint density at radius 1 is 1.11 bits per heavy atom. The van der Waals surface area contributed by atoms with Crippen molar-refractivity contribution in [2.45, 2.75) is 110 Å². The third kappa shape index (κ3) is 8.37. The van der Waals surface area contributed by atoms with Crippen LogP contribution < -0.4 is 16.5 Å². The molecule has 0 bridgehead atoms. The number of hydrogen-bond acceptors (Lipinski definition) is 9. The van der Waals surface area contributed by atoms with E-state index in [1.54, 1.807) is 27.7 Å². The topological polar surface area (TPSA) is 164 Å². The Kier molecular flexibility index (Phi) is 11.0. The molecule has 1 aromatic heterocycles. The van der Waals surface area contributed by atoms with Crippen LogP contribution >= 0.6 is 0 Å². The monoisotopic (exact) mass is 635 g/mol. The quantitative estimate of drug-likeness (QED) is 0.285. The van der Waals surface area contributed by atoms with Gasteiger partial charge in [0.25, 0.3) is 11.8 Å². The summed E-state index contributed by atoms with van der Waals surface area (Å²) in [5.74, 6) is -1.93. The van der Waals surface area contributed by atoms with Crippen LogP contribution in [0, 0.1) is 11.3 Å². The number of fused-ring (bicyclic) bond motifs is 1. The van der Waals surface area contributed by atoms with Crippen LogP contribution in [0.15, 0.2) is 36.4 Å². The summed E-state index contributed by atoms with van der Waals surface area (Å²) in [5, 5.41) is 15.8. The third-order valence-corrected chi connectivity index (χ3v) is 9.20. The van der Waals surface area contributed by atoms with Gasteiger partial charge in [0.15, 0.2) is 6.10 Å². The predicted octanol–water partition coefficient (Wildman–Crippen LogP) is 3.74. The molecule has 1 aromatic carbocycles. The van der Waals surface area contributed by atoms with Gasteiger partial charge in [-0.2, -0.15) is 0 Å². The van der Waals surface area contributed by atoms with Crippen LogP contribution in [0.3, 0.4) is 0 Å². The number of carbonyl (C=O) groups excluding carboxylic acids is 4. The van der Waals surface area contributed by atoms with Gasteiger partial charge in [0.1, 0.15) is 11.8 Å². The lowest BCUT2D eigenvalue weighted by molar-refractivity contribution is -0.170. The second-order valence-corrected chi connectivity index (χ2v) is 13.7. The van der Waals surface area contributed by atoms with Crippen LogP contribution in [0.2, 0.25) is 0 Å². The Morgan fingerprint density at radius 2 is 1.78 bits per heavy atom. The molecular formula is C35H49N5O6. The molecule has 4 rings (SSSR count). The molecule has 0 spiro atoms. The van der Waals surface area contributed by atoms with E-state index in [0.717, 1.165) is 22.2 Å². The molecule has 11 nitrogen and oxygen atoms in total. The van der Waals surface area contributed by atoms with Gasteiger partial charge in [0, 0.05) is 18.0 Å². The van der Waals surface area contributed by atoms with Crippen molar-refractivity contribution in [3.05, 3.63) is 47.7 Å². The Labute approximate surface area is 271 Å². The van der Waals surface area contributed by atoms with Crippen LogP contribution in [-0.2, 0) is 23.9 Å². The number of carbonyl (C=O) groups is 4. The minimum Gasteiger partial charge on any atom is -0.451 e. The largest absolute Gasteiger partial charge is 0.451 e. The first-order valence-electron chi connectivity index (χ1n) is 16.3. The molecule has 2 fully saturated rings. The molecule has 2 aromatic rings. The smallest absolute Gasteiger partial charge is 0.316 e. The number of esters is 1. The Hall–Kier alpha value is -3.67. The van der Waals surface area contributed by atoms with E-state index in [-0.39, 0.29) is 23.7 Å². The lowest BCUT2D eigenvalue weighted by Crippen LogP contribution is -2.59. The average Bonchev–Trinajstić information content (AvgIpc) is 3.02. The number of amides is 2. The second kappa shape index (κ2) is 14.4. The minimum atomic E-state index is -1.14. The minimum absolute atomic E-state index is 0.0548. The summed E-state index contributed by atoms with van der Waals surface area (Å²) in [4.78, 5) is 57.1. The van der Waals surface area contributed by atoms with Crippen LogP contribution in [0.4, 0.5) is 0 Å². The van der Waals surface area contributed by atoms with Crippen LogP contribution in [0.5, 0.6) is 0 Å². The van der Waals surface area contributed by atoms with Crippen molar-refractivity contribution in [2.75, 3.05) is 6.54 Å². The van der Waals surface area contributed by atoms with Crippen molar-refractivity contribution in [1.29, 1.82) is 0 Å². The normalized spacial score (nSPS) is 25.7. The molecule has 4 atom stereocenters. The molecule has 46 heavy (non-hydrogen) atoms. The Morgan fingerprint density at radius 3 is 2.41 bits per heavy atom. The molecular weight excluding hydrogens is 586 g/mol. The highest BCUT2D eigenvalue weighted by atomic mass is 16.5. The summed E-state index contributed by atoms with van der Waals surface area (Å²) < 4.78 is 5.96. The Bertz CT molecular complexity index is 1480. The fraction of sp³-hybridized carbons (Fsp3) is 0.571. The average molecular weight is 636 g/mol. The fourth-order valence-electron chi connectivity index (χ4n) is 5.99. The van der Waals surface area contributed by atoms with E-state index in [4.69, 9.17) is 10.5 Å². The summed E-state index contributed by atoms with van der Waals surface area (Å²) in [6, 6.07) is 8.19. The van der Waals surface area contributed by atoms with E-state index in [1.165, 1.54) is 11.9 Å². The van der Waals surface area contributed by atoms with E-state index >= 15 is 0 Å². The van der Waals surface area contributed by atoms with E-state index < -0.39 is 41.1 Å². The number of ether oxygens (including phenoxy) is 1. The third-order valence-electron chi connectivity index (χ3n) is 9.20. The van der Waals surface area contributed by atoms with Gasteiger partial charge in [0.2, 0.25) is 0 Å². The number of aromatic nitrogens is 1. The summed E-state index contributed by atoms with van der Waals surface area (Å²) in [7, 11) is 0.